The first kappa shape index (κ1) is 67.2. The maximum atomic E-state index is 13.1. The molecule has 0 aromatic rings. The minimum absolute atomic E-state index is 0.187. The molecule has 0 aromatic heterocycles. The molecule has 0 aromatic carbocycles. The van der Waals surface area contributed by atoms with Crippen molar-refractivity contribution in [1.82, 2.24) is 5.32 Å². The Kier molecular flexibility index (Phi) is 48.8. The van der Waals surface area contributed by atoms with Crippen molar-refractivity contribution in [2.75, 3.05) is 13.2 Å². The van der Waals surface area contributed by atoms with E-state index in [1.165, 1.54) is 199 Å². The minimum atomic E-state index is -1.57. The summed E-state index contributed by atoms with van der Waals surface area (Å²) in [6.45, 7) is 3.79. The number of carbonyl (C=O) groups excluding carboxylic acids is 1. The molecule has 1 fully saturated rings. The van der Waals surface area contributed by atoms with Gasteiger partial charge in [0, 0.05) is 6.42 Å². The number of allylic oxidation sites excluding steroid dienone is 7. The van der Waals surface area contributed by atoms with E-state index in [9.17, 15) is 30.3 Å². The number of nitrogens with one attached hydrogen (secondary N) is 1. The van der Waals surface area contributed by atoms with E-state index < -0.39 is 49.5 Å². The molecule has 1 aliphatic rings. The Morgan fingerprint density at radius 3 is 1.23 bits per heavy atom. The van der Waals surface area contributed by atoms with Crippen LogP contribution < -0.4 is 5.32 Å². The molecule has 0 spiro atoms. The first-order valence-electron chi connectivity index (χ1n) is 30.4. The fourth-order valence-corrected chi connectivity index (χ4v) is 9.58. The van der Waals surface area contributed by atoms with Crippen LogP contribution in [0.5, 0.6) is 0 Å². The lowest BCUT2D eigenvalue weighted by Gasteiger charge is -2.40. The van der Waals surface area contributed by atoms with E-state index in [2.05, 4.69) is 55.6 Å². The molecule has 7 atom stereocenters. The van der Waals surface area contributed by atoms with Gasteiger partial charge in [-0.3, -0.25) is 4.79 Å². The van der Waals surface area contributed by atoms with Crippen LogP contribution in [0.1, 0.15) is 284 Å². The van der Waals surface area contributed by atoms with Gasteiger partial charge in [-0.25, -0.2) is 0 Å². The van der Waals surface area contributed by atoms with E-state index in [1.54, 1.807) is 6.08 Å². The highest BCUT2D eigenvalue weighted by molar-refractivity contribution is 5.76. The molecule has 0 bridgehead atoms. The molecule has 71 heavy (non-hydrogen) atoms. The van der Waals surface area contributed by atoms with Gasteiger partial charge in [-0.15, -0.1) is 0 Å². The van der Waals surface area contributed by atoms with Gasteiger partial charge < -0.3 is 40.3 Å². The molecule has 6 N–H and O–H groups in total. The van der Waals surface area contributed by atoms with Crippen molar-refractivity contribution in [3.05, 3.63) is 48.6 Å². The van der Waals surface area contributed by atoms with Gasteiger partial charge in [-0.1, -0.05) is 268 Å². The number of aliphatic hydroxyl groups is 5. The molecule has 9 nitrogen and oxygen atoms in total. The van der Waals surface area contributed by atoms with E-state index in [-0.39, 0.29) is 12.5 Å². The first-order valence-corrected chi connectivity index (χ1v) is 30.4. The van der Waals surface area contributed by atoms with Crippen molar-refractivity contribution in [2.45, 2.75) is 326 Å². The van der Waals surface area contributed by atoms with Gasteiger partial charge >= 0.3 is 0 Å². The van der Waals surface area contributed by atoms with Crippen molar-refractivity contribution >= 4 is 5.91 Å². The summed E-state index contributed by atoms with van der Waals surface area (Å²) in [5.41, 5.74) is 0. The van der Waals surface area contributed by atoms with Gasteiger partial charge in [0.15, 0.2) is 6.29 Å². The number of rotatable bonds is 52. The molecular formula is C62H115NO8. The van der Waals surface area contributed by atoms with Gasteiger partial charge in [0.1, 0.15) is 24.4 Å². The molecule has 1 amide bonds. The second-order valence-electron chi connectivity index (χ2n) is 21.1. The molecule has 0 radical (unpaired) electrons. The third kappa shape index (κ3) is 41.1. The molecule has 9 heteroatoms. The van der Waals surface area contributed by atoms with Crippen molar-refractivity contribution in [3.63, 3.8) is 0 Å². The molecular weight excluding hydrogens is 887 g/mol. The first-order chi connectivity index (χ1) is 34.8. The Hall–Kier alpha value is -1.85. The van der Waals surface area contributed by atoms with Gasteiger partial charge in [-0.05, 0) is 57.8 Å². The summed E-state index contributed by atoms with van der Waals surface area (Å²) in [6, 6.07) is -0.814. The summed E-state index contributed by atoms with van der Waals surface area (Å²) < 4.78 is 11.3. The molecule has 1 rings (SSSR count). The minimum Gasteiger partial charge on any atom is -0.394 e. The second-order valence-corrected chi connectivity index (χ2v) is 21.1. The van der Waals surface area contributed by atoms with E-state index in [0.29, 0.717) is 6.42 Å². The maximum absolute atomic E-state index is 13.1. The van der Waals surface area contributed by atoms with Crippen molar-refractivity contribution in [1.29, 1.82) is 0 Å². The van der Waals surface area contributed by atoms with Crippen LogP contribution in [-0.2, 0) is 14.3 Å². The highest BCUT2D eigenvalue weighted by Gasteiger charge is 2.44. The molecule has 1 heterocycles. The highest BCUT2D eigenvalue weighted by atomic mass is 16.7. The summed E-state index contributed by atoms with van der Waals surface area (Å²) in [5.74, 6) is -0.187. The number of ether oxygens (including phenoxy) is 2. The average molecular weight is 1000 g/mol. The Labute approximate surface area is 437 Å². The number of hydrogen-bond acceptors (Lipinski definition) is 8. The molecule has 416 valence electrons. The largest absolute Gasteiger partial charge is 0.394 e. The average Bonchev–Trinajstić information content (AvgIpc) is 3.37. The lowest BCUT2D eigenvalue weighted by molar-refractivity contribution is -0.302. The van der Waals surface area contributed by atoms with Gasteiger partial charge in [0.2, 0.25) is 5.91 Å². The highest BCUT2D eigenvalue weighted by Crippen LogP contribution is 2.23. The van der Waals surface area contributed by atoms with E-state index >= 15 is 0 Å². The Bertz CT molecular complexity index is 1250. The lowest BCUT2D eigenvalue weighted by Crippen LogP contribution is -2.60. The molecule has 1 aliphatic heterocycles. The van der Waals surface area contributed by atoms with Crippen molar-refractivity contribution in [3.8, 4) is 0 Å². The topological polar surface area (TPSA) is 149 Å². The summed E-state index contributed by atoms with van der Waals surface area (Å²) in [7, 11) is 0. The predicted molar refractivity (Wildman–Crippen MR) is 299 cm³/mol. The van der Waals surface area contributed by atoms with Gasteiger partial charge in [0.25, 0.3) is 0 Å². The number of unbranched alkanes of at least 4 members (excludes halogenated alkanes) is 36. The van der Waals surface area contributed by atoms with E-state index in [1.807, 2.05) is 6.08 Å². The predicted octanol–water partition coefficient (Wildman–Crippen LogP) is 15.3. The summed E-state index contributed by atoms with van der Waals surface area (Å²) in [5, 5.41) is 54.6. The quantitative estimate of drug-likeness (QED) is 0.0261. The number of aliphatic hydroxyl groups excluding tert-OH is 5. The third-order valence-electron chi connectivity index (χ3n) is 14.4. The fourth-order valence-electron chi connectivity index (χ4n) is 9.58. The number of carbonyl (C=O) groups is 1. The van der Waals surface area contributed by atoms with Crippen LogP contribution in [-0.4, -0.2) is 87.5 Å². The van der Waals surface area contributed by atoms with Gasteiger partial charge in [-0.2, -0.15) is 0 Å². The Balaban J connectivity index is 2.22. The van der Waals surface area contributed by atoms with Crippen LogP contribution >= 0.6 is 0 Å². The van der Waals surface area contributed by atoms with Crippen LogP contribution in [0.2, 0.25) is 0 Å². The second kappa shape index (κ2) is 51.6. The van der Waals surface area contributed by atoms with E-state index in [0.717, 1.165) is 64.2 Å². The zero-order valence-corrected chi connectivity index (χ0v) is 46.2. The Morgan fingerprint density at radius 1 is 0.479 bits per heavy atom. The smallest absolute Gasteiger partial charge is 0.220 e. The Morgan fingerprint density at radius 2 is 0.831 bits per heavy atom. The molecule has 0 saturated carbocycles. The van der Waals surface area contributed by atoms with Gasteiger partial charge in [0.05, 0.1) is 25.4 Å². The third-order valence-corrected chi connectivity index (χ3v) is 14.4. The van der Waals surface area contributed by atoms with Crippen LogP contribution in [0.15, 0.2) is 48.6 Å². The summed E-state index contributed by atoms with van der Waals surface area (Å²) >= 11 is 0. The maximum Gasteiger partial charge on any atom is 0.220 e. The van der Waals surface area contributed by atoms with Crippen LogP contribution in [0.3, 0.4) is 0 Å². The van der Waals surface area contributed by atoms with Crippen molar-refractivity contribution in [2.24, 2.45) is 0 Å². The lowest BCUT2D eigenvalue weighted by atomic mass is 9.99. The SMILES string of the molecule is CCCCCCC/C=C\C/C=C\C/C=C\CCCCCCCCC(=O)NC(COC1OC(CO)C(O)C(O)C1O)C(O)/C=C/CCCCCCCCCCCCCCCCCCCCCCCCCCC. The standard InChI is InChI=1S/C62H115NO8/c1-3-5-7-9-11-13-15-17-19-21-23-25-26-27-28-29-30-32-33-35-37-39-41-43-45-47-49-51-56(65)55(54-70-62-61(69)60(68)59(67)57(53-64)71-62)63-58(66)52-50-48-46-44-42-40-38-36-34-31-24-22-20-18-16-14-12-10-8-6-4-2/h16,18,22,24,34,36,49,51,55-57,59-62,64-65,67-69H,3-15,17,19-21,23,25-33,35,37-48,50,52-54H2,1-2H3,(H,63,66)/b18-16-,24-22-,36-34-,51-49+. The monoisotopic (exact) mass is 1000 g/mol. The van der Waals surface area contributed by atoms with Crippen LogP contribution in [0.4, 0.5) is 0 Å². The van der Waals surface area contributed by atoms with Crippen molar-refractivity contribution < 1.29 is 39.8 Å². The summed E-state index contributed by atoms with van der Waals surface area (Å²) in [4.78, 5) is 13.1. The number of amides is 1. The van der Waals surface area contributed by atoms with Crippen LogP contribution in [0, 0.1) is 0 Å². The fraction of sp³-hybridized carbons (Fsp3) is 0.855. The molecule has 0 aliphatic carbocycles. The number of hydrogen-bond donors (Lipinski definition) is 6. The van der Waals surface area contributed by atoms with Crippen LogP contribution in [0.25, 0.3) is 0 Å². The molecule has 7 unspecified atom stereocenters. The normalized spacial score (nSPS) is 19.6. The molecule has 1 saturated heterocycles. The zero-order chi connectivity index (χ0) is 51.5. The summed E-state index contributed by atoms with van der Waals surface area (Å²) in [6.07, 6.45) is 61.8. The zero-order valence-electron chi connectivity index (χ0n) is 46.2. The van der Waals surface area contributed by atoms with E-state index in [4.69, 9.17) is 9.47 Å².